The average molecular weight is 222 g/mol. The highest BCUT2D eigenvalue weighted by Crippen LogP contribution is 2.16. The molecule has 0 saturated carbocycles. The smallest absolute Gasteiger partial charge is 0.233 e. The highest BCUT2D eigenvalue weighted by molar-refractivity contribution is 9.11. The van der Waals surface area contributed by atoms with Gasteiger partial charge in [0.25, 0.3) is 0 Å². The summed E-state index contributed by atoms with van der Waals surface area (Å²) in [6, 6.07) is 0. The largest absolute Gasteiger partial charge is 0.291 e. The first-order chi connectivity index (χ1) is 4.68. The van der Waals surface area contributed by atoms with E-state index in [2.05, 4.69) is 20.9 Å². The molecule has 1 aromatic rings. The summed E-state index contributed by atoms with van der Waals surface area (Å²) in [5.41, 5.74) is 0. The molecule has 0 aliphatic carbocycles. The minimum atomic E-state index is 0.820. The Morgan fingerprint density at radius 1 is 1.90 bits per heavy atom. The summed E-state index contributed by atoms with van der Waals surface area (Å²) in [6.07, 6.45) is 3.27. The minimum absolute atomic E-state index is 0.820. The first kappa shape index (κ1) is 7.68. The van der Waals surface area contributed by atoms with Gasteiger partial charge in [-0.05, 0) is 20.7 Å². The first-order valence-corrected chi connectivity index (χ1v) is 4.17. The van der Waals surface area contributed by atoms with E-state index in [0.29, 0.717) is 0 Å². The second kappa shape index (κ2) is 3.12. The van der Waals surface area contributed by atoms with Crippen molar-refractivity contribution in [2.45, 2.75) is 0 Å². The monoisotopic (exact) mass is 221 g/mol. The summed E-state index contributed by atoms with van der Waals surface area (Å²) in [6.45, 7) is 0. The molecule has 0 atom stereocenters. The van der Waals surface area contributed by atoms with Crippen LogP contribution < -0.4 is 0 Å². The molecule has 1 rings (SSSR count). The molecule has 3 nitrogen and oxygen atoms in total. The van der Waals surface area contributed by atoms with E-state index in [-0.39, 0.29) is 0 Å². The van der Waals surface area contributed by atoms with Crippen LogP contribution in [0.15, 0.2) is 10.1 Å². The van der Waals surface area contributed by atoms with Gasteiger partial charge in [-0.15, -0.1) is 11.3 Å². The van der Waals surface area contributed by atoms with Crippen molar-refractivity contribution < 1.29 is 9.95 Å². The Labute approximate surface area is 70.7 Å². The summed E-state index contributed by atoms with van der Waals surface area (Å²) in [5.74, 6) is 0. The molecule has 0 aliphatic rings. The molecule has 0 saturated heterocycles. The molecule has 0 amide bonds. The lowest BCUT2D eigenvalue weighted by molar-refractivity contribution is -0.750. The van der Waals surface area contributed by atoms with Gasteiger partial charge in [-0.1, -0.05) is 0 Å². The molecule has 0 aliphatic heterocycles. The molecule has 5 heteroatoms. The highest BCUT2D eigenvalue weighted by atomic mass is 79.9. The predicted molar refractivity (Wildman–Crippen MR) is 43.0 cm³/mol. The Morgan fingerprint density at radius 3 is 3.00 bits per heavy atom. The molecule has 0 bridgehead atoms. The van der Waals surface area contributed by atoms with Gasteiger partial charge in [-0.25, -0.2) is 4.98 Å². The number of hydrogen-bond donors (Lipinski definition) is 1. The predicted octanol–water partition coefficient (Wildman–Crippen LogP) is 1.36. The number of aromatic nitrogens is 1. The molecule has 1 N–H and O–H groups in total. The molecule has 0 unspecified atom stereocenters. The zero-order chi connectivity index (χ0) is 7.56. The van der Waals surface area contributed by atoms with E-state index in [0.717, 1.165) is 13.5 Å². The maximum Gasteiger partial charge on any atom is 0.233 e. The van der Waals surface area contributed by atoms with Crippen molar-refractivity contribution in [2.75, 3.05) is 7.05 Å². The zero-order valence-electron chi connectivity index (χ0n) is 5.28. The van der Waals surface area contributed by atoms with Gasteiger partial charge in [0.05, 0.1) is 6.20 Å². The maximum atomic E-state index is 8.76. The van der Waals surface area contributed by atoms with Crippen LogP contribution >= 0.6 is 27.3 Å². The van der Waals surface area contributed by atoms with E-state index >= 15 is 0 Å². The number of thiazole rings is 1. The summed E-state index contributed by atoms with van der Waals surface area (Å²) in [4.78, 5) is 4.85. The lowest BCUT2D eigenvalue weighted by Crippen LogP contribution is -1.98. The van der Waals surface area contributed by atoms with Crippen molar-refractivity contribution in [3.05, 3.63) is 15.0 Å². The van der Waals surface area contributed by atoms with Crippen LogP contribution in [-0.4, -0.2) is 28.2 Å². The van der Waals surface area contributed by atoms with Gasteiger partial charge in [0.2, 0.25) is 6.21 Å². The van der Waals surface area contributed by atoms with Gasteiger partial charge < -0.3 is 0 Å². The third kappa shape index (κ3) is 2.07. The van der Waals surface area contributed by atoms with Crippen LogP contribution in [0.3, 0.4) is 0 Å². The topological polar surface area (TPSA) is 36.1 Å². The van der Waals surface area contributed by atoms with E-state index in [1.807, 2.05) is 0 Å². The normalized spacial score (nSPS) is 12.0. The first-order valence-electron chi connectivity index (χ1n) is 2.56. The second-order valence-corrected chi connectivity index (χ2v) is 4.06. The van der Waals surface area contributed by atoms with Crippen LogP contribution in [0, 0.1) is 0 Å². The maximum absolute atomic E-state index is 8.76. The zero-order valence-corrected chi connectivity index (χ0v) is 7.69. The quantitative estimate of drug-likeness (QED) is 0.337. The molecule has 0 fully saturated rings. The van der Waals surface area contributed by atoms with Crippen molar-refractivity contribution in [3.63, 3.8) is 0 Å². The standard InChI is InChI=1S/C5H6BrN2OS/c1-8(9)3-4-2-7-5(6)10-4/h2-3,9H,1H3/q+1. The van der Waals surface area contributed by atoms with Gasteiger partial charge >= 0.3 is 0 Å². The lowest BCUT2D eigenvalue weighted by Gasteiger charge is -1.76. The second-order valence-electron chi connectivity index (χ2n) is 1.72. The van der Waals surface area contributed by atoms with Crippen molar-refractivity contribution in [3.8, 4) is 0 Å². The molecule has 10 heavy (non-hydrogen) atoms. The highest BCUT2D eigenvalue weighted by Gasteiger charge is 1.99. The Bertz CT molecular complexity index is 254. The van der Waals surface area contributed by atoms with Crippen molar-refractivity contribution in [1.82, 2.24) is 4.98 Å². The van der Waals surface area contributed by atoms with Gasteiger partial charge in [0, 0.05) is 0 Å². The van der Waals surface area contributed by atoms with Crippen LogP contribution in [0.2, 0.25) is 0 Å². The molecule has 1 heterocycles. The number of rotatable bonds is 1. The molecular weight excluding hydrogens is 216 g/mol. The van der Waals surface area contributed by atoms with Gasteiger partial charge in [0.15, 0.2) is 11.0 Å². The Kier molecular flexibility index (Phi) is 2.39. The molecule has 0 aromatic carbocycles. The van der Waals surface area contributed by atoms with Crippen molar-refractivity contribution in [1.29, 1.82) is 0 Å². The lowest BCUT2D eigenvalue weighted by atomic mass is 10.6. The number of nitrogens with zero attached hydrogens (tertiary/aromatic N) is 2. The number of hydrogen-bond acceptors (Lipinski definition) is 3. The summed E-state index contributed by atoms with van der Waals surface area (Å²) in [7, 11) is 1.55. The van der Waals surface area contributed by atoms with E-state index in [9.17, 15) is 0 Å². The van der Waals surface area contributed by atoms with Gasteiger partial charge in [-0.3, -0.25) is 5.21 Å². The summed E-state index contributed by atoms with van der Waals surface area (Å²) < 4.78 is 1.82. The van der Waals surface area contributed by atoms with Crippen LogP contribution in [-0.2, 0) is 0 Å². The number of halogens is 1. The molecular formula is C5H6BrN2OS+. The van der Waals surface area contributed by atoms with Gasteiger partial charge in [0.1, 0.15) is 4.88 Å². The summed E-state index contributed by atoms with van der Waals surface area (Å²) >= 11 is 4.67. The SMILES string of the molecule is C/[N+](O)=C\c1cnc(Br)s1. The molecule has 1 aromatic heterocycles. The third-order valence-corrected chi connectivity index (χ3v) is 2.22. The van der Waals surface area contributed by atoms with Crippen LogP contribution in [0.4, 0.5) is 0 Å². The number of hydroxylamine groups is 1. The van der Waals surface area contributed by atoms with Crippen LogP contribution in [0.1, 0.15) is 4.88 Å². The molecule has 54 valence electrons. The average Bonchev–Trinajstić information content (AvgIpc) is 2.13. The fourth-order valence-corrected chi connectivity index (χ4v) is 1.78. The molecule has 0 spiro atoms. The Morgan fingerprint density at radius 2 is 2.60 bits per heavy atom. The van der Waals surface area contributed by atoms with Gasteiger partial charge in [-0.2, -0.15) is 0 Å². The van der Waals surface area contributed by atoms with E-state index < -0.39 is 0 Å². The Hall–Kier alpha value is -0.420. The molecule has 0 radical (unpaired) electrons. The summed E-state index contributed by atoms with van der Waals surface area (Å²) in [5, 5.41) is 8.76. The van der Waals surface area contributed by atoms with Crippen molar-refractivity contribution >= 4 is 33.5 Å². The van der Waals surface area contributed by atoms with E-state index in [1.54, 1.807) is 19.5 Å². The fourth-order valence-electron chi connectivity index (χ4n) is 0.508. The Balaban J connectivity index is 2.86. The fraction of sp³-hybridized carbons (Fsp3) is 0.200. The van der Waals surface area contributed by atoms with E-state index in [4.69, 9.17) is 5.21 Å². The van der Waals surface area contributed by atoms with E-state index in [1.165, 1.54) is 11.3 Å². The third-order valence-electron chi connectivity index (χ3n) is 0.809. The van der Waals surface area contributed by atoms with Crippen molar-refractivity contribution in [2.24, 2.45) is 0 Å². The van der Waals surface area contributed by atoms with Crippen LogP contribution in [0.25, 0.3) is 0 Å². The van der Waals surface area contributed by atoms with Crippen LogP contribution in [0.5, 0.6) is 0 Å². The minimum Gasteiger partial charge on any atom is -0.291 e.